The molecule has 1 atom stereocenters. The van der Waals surface area contributed by atoms with Crippen molar-refractivity contribution in [1.29, 1.82) is 0 Å². The Kier molecular flexibility index (Phi) is 7.34. The zero-order chi connectivity index (χ0) is 11.0. The van der Waals surface area contributed by atoms with Gasteiger partial charge in [-0.05, 0) is 25.8 Å². The van der Waals surface area contributed by atoms with Crippen LogP contribution in [0.1, 0.15) is 20.8 Å². The van der Waals surface area contributed by atoms with E-state index in [1.807, 2.05) is 6.92 Å². The molecule has 0 heterocycles. The van der Waals surface area contributed by atoms with Gasteiger partial charge in [0.1, 0.15) is 0 Å². The van der Waals surface area contributed by atoms with Crippen LogP contribution in [0.15, 0.2) is 16.6 Å². The predicted molar refractivity (Wildman–Crippen MR) is 61.9 cm³/mol. The molecule has 0 saturated carbocycles. The highest BCUT2D eigenvalue weighted by molar-refractivity contribution is 5.93. The summed E-state index contributed by atoms with van der Waals surface area (Å²) in [4.78, 5) is 4.09. The van der Waals surface area contributed by atoms with Gasteiger partial charge in [0.25, 0.3) is 0 Å². The third kappa shape index (κ3) is 5.89. The van der Waals surface area contributed by atoms with E-state index >= 15 is 0 Å². The Bertz CT molecular complexity index is 209. The molecule has 0 spiro atoms. The van der Waals surface area contributed by atoms with E-state index in [-0.39, 0.29) is 6.61 Å². The Morgan fingerprint density at radius 1 is 1.50 bits per heavy atom. The smallest absolute Gasteiger partial charge is 0.0555 e. The average Bonchev–Trinajstić information content (AvgIpc) is 2.17. The van der Waals surface area contributed by atoms with Crippen molar-refractivity contribution in [1.82, 2.24) is 5.32 Å². The number of aliphatic hydroxyl groups excluding tert-OH is 1. The van der Waals surface area contributed by atoms with Crippen LogP contribution in [-0.2, 0) is 0 Å². The van der Waals surface area contributed by atoms with Gasteiger partial charge in [-0.25, -0.2) is 0 Å². The Morgan fingerprint density at radius 3 is 2.64 bits per heavy atom. The van der Waals surface area contributed by atoms with Crippen LogP contribution >= 0.6 is 0 Å². The van der Waals surface area contributed by atoms with Crippen LogP contribution in [0, 0.1) is 5.92 Å². The lowest BCUT2D eigenvalue weighted by Gasteiger charge is -2.12. The van der Waals surface area contributed by atoms with Gasteiger partial charge in [-0.1, -0.05) is 12.5 Å². The minimum absolute atomic E-state index is 0.199. The molecule has 0 saturated heterocycles. The summed E-state index contributed by atoms with van der Waals surface area (Å²) in [6.45, 7) is 8.04. The lowest BCUT2D eigenvalue weighted by molar-refractivity contribution is 0.290. The normalized spacial score (nSPS) is 15.8. The third-order valence-corrected chi connectivity index (χ3v) is 2.31. The summed E-state index contributed by atoms with van der Waals surface area (Å²) in [5.41, 5.74) is 2.37. The lowest BCUT2D eigenvalue weighted by Crippen LogP contribution is -2.24. The van der Waals surface area contributed by atoms with E-state index in [1.54, 1.807) is 7.05 Å². The van der Waals surface area contributed by atoms with Crippen molar-refractivity contribution in [2.45, 2.75) is 20.8 Å². The summed E-state index contributed by atoms with van der Waals surface area (Å²) in [5, 5.41) is 11.8. The van der Waals surface area contributed by atoms with Gasteiger partial charge in [0.2, 0.25) is 0 Å². The molecule has 0 fully saturated rings. The SMILES string of the molecule is C/N=C(C)\C=C(/C)C(C)CNCCO. The van der Waals surface area contributed by atoms with Crippen molar-refractivity contribution in [2.24, 2.45) is 10.9 Å². The highest BCUT2D eigenvalue weighted by Crippen LogP contribution is 2.08. The van der Waals surface area contributed by atoms with Crippen molar-refractivity contribution in [2.75, 3.05) is 26.7 Å². The molecule has 3 nitrogen and oxygen atoms in total. The number of allylic oxidation sites excluding steroid dienone is 1. The van der Waals surface area contributed by atoms with Crippen molar-refractivity contribution in [3.8, 4) is 0 Å². The molecule has 82 valence electrons. The van der Waals surface area contributed by atoms with E-state index in [2.05, 4.69) is 30.2 Å². The Labute approximate surface area is 86.9 Å². The Morgan fingerprint density at radius 2 is 2.14 bits per heavy atom. The molecule has 0 aromatic rings. The molecule has 0 amide bonds. The van der Waals surface area contributed by atoms with E-state index in [0.717, 1.165) is 12.3 Å². The summed E-state index contributed by atoms with van der Waals surface area (Å²) >= 11 is 0. The third-order valence-electron chi connectivity index (χ3n) is 2.31. The van der Waals surface area contributed by atoms with Crippen molar-refractivity contribution in [3.05, 3.63) is 11.6 Å². The van der Waals surface area contributed by atoms with E-state index in [1.165, 1.54) is 5.57 Å². The van der Waals surface area contributed by atoms with Crippen LogP contribution < -0.4 is 5.32 Å². The lowest BCUT2D eigenvalue weighted by atomic mass is 10.0. The van der Waals surface area contributed by atoms with Crippen LogP contribution in [0.2, 0.25) is 0 Å². The minimum atomic E-state index is 0.199. The van der Waals surface area contributed by atoms with Gasteiger partial charge in [-0.15, -0.1) is 0 Å². The summed E-state index contributed by atoms with van der Waals surface area (Å²) in [7, 11) is 1.80. The van der Waals surface area contributed by atoms with Crippen LogP contribution in [0.3, 0.4) is 0 Å². The first-order valence-corrected chi connectivity index (χ1v) is 5.05. The number of aliphatic imine (C=N–C) groups is 1. The van der Waals surface area contributed by atoms with Gasteiger partial charge in [-0.2, -0.15) is 0 Å². The second-order valence-corrected chi connectivity index (χ2v) is 3.58. The van der Waals surface area contributed by atoms with Gasteiger partial charge in [0, 0.05) is 25.8 Å². The molecule has 0 aliphatic heterocycles. The second-order valence-electron chi connectivity index (χ2n) is 3.58. The summed E-state index contributed by atoms with van der Waals surface area (Å²) < 4.78 is 0. The maximum atomic E-state index is 8.61. The summed E-state index contributed by atoms with van der Waals surface area (Å²) in [6.07, 6.45) is 2.10. The van der Waals surface area contributed by atoms with E-state index in [9.17, 15) is 0 Å². The van der Waals surface area contributed by atoms with Crippen LogP contribution in [0.4, 0.5) is 0 Å². The van der Waals surface area contributed by atoms with Gasteiger partial charge in [0.15, 0.2) is 0 Å². The average molecular weight is 198 g/mol. The predicted octanol–water partition coefficient (Wildman–Crippen LogP) is 1.24. The first-order valence-electron chi connectivity index (χ1n) is 5.05. The summed E-state index contributed by atoms with van der Waals surface area (Å²) in [5.74, 6) is 0.484. The van der Waals surface area contributed by atoms with Crippen molar-refractivity contribution in [3.63, 3.8) is 0 Å². The number of rotatable bonds is 6. The maximum absolute atomic E-state index is 8.61. The molecule has 0 aromatic carbocycles. The van der Waals surface area contributed by atoms with Gasteiger partial charge >= 0.3 is 0 Å². The fourth-order valence-corrected chi connectivity index (χ4v) is 1.09. The fourth-order valence-electron chi connectivity index (χ4n) is 1.09. The monoisotopic (exact) mass is 198 g/mol. The number of aliphatic hydroxyl groups is 1. The quantitative estimate of drug-likeness (QED) is 0.498. The van der Waals surface area contributed by atoms with Crippen LogP contribution in [0.5, 0.6) is 0 Å². The first kappa shape index (κ1) is 13.3. The molecule has 3 heteroatoms. The minimum Gasteiger partial charge on any atom is -0.395 e. The molecule has 0 radical (unpaired) electrons. The van der Waals surface area contributed by atoms with E-state index < -0.39 is 0 Å². The maximum Gasteiger partial charge on any atom is 0.0555 e. The zero-order valence-corrected chi connectivity index (χ0v) is 9.67. The van der Waals surface area contributed by atoms with E-state index in [4.69, 9.17) is 5.11 Å². The molecule has 0 rings (SSSR count). The number of nitrogens with one attached hydrogen (secondary N) is 1. The molecule has 0 aliphatic carbocycles. The first-order chi connectivity index (χ1) is 6.61. The largest absolute Gasteiger partial charge is 0.395 e. The fraction of sp³-hybridized carbons (Fsp3) is 0.727. The molecule has 1 unspecified atom stereocenters. The second kappa shape index (κ2) is 7.71. The molecule has 14 heavy (non-hydrogen) atoms. The van der Waals surface area contributed by atoms with Crippen molar-refractivity contribution < 1.29 is 5.11 Å². The standard InChI is InChI=1S/C11H22N2O/c1-9(7-11(3)12-4)10(2)8-13-5-6-14/h7,10,13-14H,5-6,8H2,1-4H3/b9-7+,12-11-. The molecule has 0 aromatic heterocycles. The van der Waals surface area contributed by atoms with Gasteiger partial charge in [-0.3, -0.25) is 4.99 Å². The molecule has 0 bridgehead atoms. The Balaban J connectivity index is 3.98. The highest BCUT2D eigenvalue weighted by Gasteiger charge is 2.03. The Hall–Kier alpha value is -0.670. The van der Waals surface area contributed by atoms with Gasteiger partial charge < -0.3 is 10.4 Å². The van der Waals surface area contributed by atoms with E-state index in [0.29, 0.717) is 12.5 Å². The topological polar surface area (TPSA) is 44.6 Å². The number of hydrogen-bond acceptors (Lipinski definition) is 3. The van der Waals surface area contributed by atoms with Crippen LogP contribution in [0.25, 0.3) is 0 Å². The summed E-state index contributed by atoms with van der Waals surface area (Å²) in [6, 6.07) is 0. The molecule has 0 aliphatic rings. The number of nitrogens with zero attached hydrogens (tertiary/aromatic N) is 1. The highest BCUT2D eigenvalue weighted by atomic mass is 16.3. The van der Waals surface area contributed by atoms with Crippen LogP contribution in [-0.4, -0.2) is 37.6 Å². The van der Waals surface area contributed by atoms with Crippen molar-refractivity contribution >= 4 is 5.71 Å². The molecular weight excluding hydrogens is 176 g/mol. The zero-order valence-electron chi connectivity index (χ0n) is 9.67. The molecular formula is C11H22N2O. The van der Waals surface area contributed by atoms with Gasteiger partial charge in [0.05, 0.1) is 6.61 Å². The molecule has 2 N–H and O–H groups in total. The number of hydrogen-bond donors (Lipinski definition) is 2.